The van der Waals surface area contributed by atoms with Crippen LogP contribution in [0.3, 0.4) is 0 Å². The van der Waals surface area contributed by atoms with Gasteiger partial charge in [0.25, 0.3) is 0 Å². The summed E-state index contributed by atoms with van der Waals surface area (Å²) in [4.78, 5) is 4.61. The number of aryl methyl sites for hydroxylation is 1. The molecule has 18 heavy (non-hydrogen) atoms. The Morgan fingerprint density at radius 1 is 1.17 bits per heavy atom. The summed E-state index contributed by atoms with van der Waals surface area (Å²) in [5.74, 6) is 0.322. The highest BCUT2D eigenvalue weighted by Gasteiger charge is 2.07. The Labute approximate surface area is 117 Å². The first-order chi connectivity index (χ1) is 8.63. The SMILES string of the molecule is Cc1cc(-c2nc3ccc(Br)cc3s2)ccc1O. The summed E-state index contributed by atoms with van der Waals surface area (Å²) in [7, 11) is 0. The largest absolute Gasteiger partial charge is 0.508 e. The van der Waals surface area contributed by atoms with E-state index < -0.39 is 0 Å². The third-order valence-corrected chi connectivity index (χ3v) is 4.35. The number of benzene rings is 2. The van der Waals surface area contributed by atoms with Crippen LogP contribution in [-0.4, -0.2) is 10.1 Å². The Morgan fingerprint density at radius 3 is 2.78 bits per heavy atom. The van der Waals surface area contributed by atoms with E-state index in [2.05, 4.69) is 27.0 Å². The van der Waals surface area contributed by atoms with E-state index in [1.807, 2.05) is 31.2 Å². The van der Waals surface area contributed by atoms with Gasteiger partial charge in [-0.2, -0.15) is 0 Å². The summed E-state index contributed by atoms with van der Waals surface area (Å²) < 4.78 is 2.22. The van der Waals surface area contributed by atoms with Crippen LogP contribution < -0.4 is 0 Å². The molecule has 1 aromatic heterocycles. The molecule has 1 heterocycles. The van der Waals surface area contributed by atoms with Crippen LogP contribution in [0.5, 0.6) is 5.75 Å². The van der Waals surface area contributed by atoms with E-state index in [0.29, 0.717) is 5.75 Å². The molecule has 0 amide bonds. The van der Waals surface area contributed by atoms with Gasteiger partial charge in [0.2, 0.25) is 0 Å². The fourth-order valence-corrected chi connectivity index (χ4v) is 3.32. The molecular weight excluding hydrogens is 310 g/mol. The molecule has 0 unspecified atom stereocenters. The highest BCUT2D eigenvalue weighted by atomic mass is 79.9. The molecule has 0 fully saturated rings. The third-order valence-electron chi connectivity index (χ3n) is 2.79. The van der Waals surface area contributed by atoms with Gasteiger partial charge in [-0.1, -0.05) is 15.9 Å². The van der Waals surface area contributed by atoms with Crippen molar-refractivity contribution in [2.24, 2.45) is 0 Å². The first-order valence-electron chi connectivity index (χ1n) is 5.49. The number of fused-ring (bicyclic) bond motifs is 1. The Balaban J connectivity index is 2.16. The van der Waals surface area contributed by atoms with Crippen LogP contribution in [0.2, 0.25) is 0 Å². The number of hydrogen-bond donors (Lipinski definition) is 1. The molecule has 0 aliphatic rings. The molecule has 0 aliphatic heterocycles. The van der Waals surface area contributed by atoms with Gasteiger partial charge in [0.05, 0.1) is 10.2 Å². The minimum Gasteiger partial charge on any atom is -0.508 e. The van der Waals surface area contributed by atoms with Crippen molar-refractivity contribution in [3.8, 4) is 16.3 Å². The van der Waals surface area contributed by atoms with Gasteiger partial charge >= 0.3 is 0 Å². The molecule has 4 heteroatoms. The second kappa shape index (κ2) is 4.37. The van der Waals surface area contributed by atoms with Crippen molar-refractivity contribution in [2.75, 3.05) is 0 Å². The lowest BCUT2D eigenvalue weighted by atomic mass is 10.1. The molecule has 0 spiro atoms. The molecule has 2 nitrogen and oxygen atoms in total. The van der Waals surface area contributed by atoms with Gasteiger partial charge in [0, 0.05) is 10.0 Å². The summed E-state index contributed by atoms with van der Waals surface area (Å²) in [6, 6.07) is 11.6. The van der Waals surface area contributed by atoms with Gasteiger partial charge in [0.1, 0.15) is 10.8 Å². The topological polar surface area (TPSA) is 33.1 Å². The Hall–Kier alpha value is -1.39. The van der Waals surface area contributed by atoms with Crippen molar-refractivity contribution >= 4 is 37.5 Å². The van der Waals surface area contributed by atoms with E-state index in [0.717, 1.165) is 30.8 Å². The summed E-state index contributed by atoms with van der Waals surface area (Å²) >= 11 is 5.12. The van der Waals surface area contributed by atoms with Crippen LogP contribution >= 0.6 is 27.3 Å². The normalized spacial score (nSPS) is 11.0. The van der Waals surface area contributed by atoms with Gasteiger partial charge in [-0.05, 0) is 48.9 Å². The monoisotopic (exact) mass is 319 g/mol. The maximum Gasteiger partial charge on any atom is 0.124 e. The van der Waals surface area contributed by atoms with Crippen LogP contribution in [0.4, 0.5) is 0 Å². The molecule has 3 rings (SSSR count). The fraction of sp³-hybridized carbons (Fsp3) is 0.0714. The third kappa shape index (κ3) is 2.02. The van der Waals surface area contributed by atoms with Crippen LogP contribution in [0, 0.1) is 6.92 Å². The number of thiazole rings is 1. The summed E-state index contributed by atoms with van der Waals surface area (Å²) in [6.07, 6.45) is 0. The summed E-state index contributed by atoms with van der Waals surface area (Å²) in [5, 5.41) is 10.5. The molecule has 3 aromatic rings. The molecule has 90 valence electrons. The maximum absolute atomic E-state index is 9.54. The first-order valence-corrected chi connectivity index (χ1v) is 7.10. The van der Waals surface area contributed by atoms with Gasteiger partial charge in [-0.25, -0.2) is 4.98 Å². The second-order valence-corrected chi connectivity index (χ2v) is 6.08. The number of phenols is 1. The minimum atomic E-state index is 0.322. The van der Waals surface area contributed by atoms with E-state index in [4.69, 9.17) is 0 Å². The smallest absolute Gasteiger partial charge is 0.124 e. The van der Waals surface area contributed by atoms with Crippen LogP contribution in [0.1, 0.15) is 5.56 Å². The van der Waals surface area contributed by atoms with Gasteiger partial charge in [0.15, 0.2) is 0 Å². The van der Waals surface area contributed by atoms with Crippen molar-refractivity contribution in [3.63, 3.8) is 0 Å². The molecule has 0 bridgehead atoms. The van der Waals surface area contributed by atoms with E-state index >= 15 is 0 Å². The molecule has 0 saturated carbocycles. The Morgan fingerprint density at radius 2 is 2.00 bits per heavy atom. The van der Waals surface area contributed by atoms with Gasteiger partial charge in [-0.3, -0.25) is 0 Å². The van der Waals surface area contributed by atoms with Gasteiger partial charge in [-0.15, -0.1) is 11.3 Å². The lowest BCUT2D eigenvalue weighted by molar-refractivity contribution is 0.471. The van der Waals surface area contributed by atoms with Crippen LogP contribution in [0.25, 0.3) is 20.8 Å². The van der Waals surface area contributed by atoms with Crippen LogP contribution in [0.15, 0.2) is 40.9 Å². The number of hydrogen-bond acceptors (Lipinski definition) is 3. The predicted octanol–water partition coefficient (Wildman–Crippen LogP) is 4.74. The molecule has 1 N–H and O–H groups in total. The molecule has 0 radical (unpaired) electrons. The zero-order valence-corrected chi connectivity index (χ0v) is 12.0. The van der Waals surface area contributed by atoms with Gasteiger partial charge < -0.3 is 5.11 Å². The minimum absolute atomic E-state index is 0.322. The average molecular weight is 320 g/mol. The van der Waals surface area contributed by atoms with E-state index in [9.17, 15) is 5.11 Å². The highest BCUT2D eigenvalue weighted by molar-refractivity contribution is 9.10. The number of nitrogens with zero attached hydrogens (tertiary/aromatic N) is 1. The maximum atomic E-state index is 9.54. The summed E-state index contributed by atoms with van der Waals surface area (Å²) in [5.41, 5.74) is 2.92. The van der Waals surface area contributed by atoms with E-state index in [1.165, 1.54) is 0 Å². The number of aromatic hydroxyl groups is 1. The molecule has 0 aliphatic carbocycles. The average Bonchev–Trinajstić information content (AvgIpc) is 2.75. The first kappa shape index (κ1) is 11.7. The number of aromatic nitrogens is 1. The van der Waals surface area contributed by atoms with E-state index in [-0.39, 0.29) is 0 Å². The number of halogens is 1. The highest BCUT2D eigenvalue weighted by Crippen LogP contribution is 2.33. The lowest BCUT2D eigenvalue weighted by Gasteiger charge is -2.00. The zero-order chi connectivity index (χ0) is 12.7. The van der Waals surface area contributed by atoms with Crippen molar-refractivity contribution in [1.82, 2.24) is 4.98 Å². The standard InChI is InChI=1S/C14H10BrNOS/c1-8-6-9(2-5-12(8)17)14-16-11-4-3-10(15)7-13(11)18-14/h2-7,17H,1H3. The molecule has 0 atom stereocenters. The van der Waals surface area contributed by atoms with Crippen molar-refractivity contribution in [2.45, 2.75) is 6.92 Å². The van der Waals surface area contributed by atoms with Crippen molar-refractivity contribution < 1.29 is 5.11 Å². The summed E-state index contributed by atoms with van der Waals surface area (Å²) in [6.45, 7) is 1.89. The second-order valence-electron chi connectivity index (χ2n) is 4.13. The van der Waals surface area contributed by atoms with Crippen LogP contribution in [-0.2, 0) is 0 Å². The quantitative estimate of drug-likeness (QED) is 0.702. The zero-order valence-electron chi connectivity index (χ0n) is 9.64. The van der Waals surface area contributed by atoms with E-state index in [1.54, 1.807) is 17.4 Å². The Bertz CT molecular complexity index is 736. The predicted molar refractivity (Wildman–Crippen MR) is 79.2 cm³/mol. The fourth-order valence-electron chi connectivity index (χ4n) is 1.81. The number of rotatable bonds is 1. The molecule has 0 saturated heterocycles. The Kier molecular flexibility index (Phi) is 2.84. The molecular formula is C14H10BrNOS. The number of phenolic OH excluding ortho intramolecular Hbond substituents is 1. The van der Waals surface area contributed by atoms with Crippen molar-refractivity contribution in [1.29, 1.82) is 0 Å². The molecule has 2 aromatic carbocycles. The lowest BCUT2D eigenvalue weighted by Crippen LogP contribution is -1.79. The van der Waals surface area contributed by atoms with Crippen molar-refractivity contribution in [3.05, 3.63) is 46.4 Å².